The number of methoxy groups -OCH3 is 2. The zero-order chi connectivity index (χ0) is 40.1. The third kappa shape index (κ3) is 13.5. The number of nitrogens with one attached hydrogen (secondary N) is 4. The number of anilines is 2. The highest BCUT2D eigenvalue weighted by atomic mass is 16.6. The van der Waals surface area contributed by atoms with Crippen molar-refractivity contribution in [3.05, 3.63) is 48.5 Å². The van der Waals surface area contributed by atoms with E-state index in [2.05, 4.69) is 21.3 Å². The van der Waals surface area contributed by atoms with Crippen molar-refractivity contribution in [2.24, 2.45) is 23.7 Å². The summed E-state index contributed by atoms with van der Waals surface area (Å²) in [5.41, 5.74) is -0.459. The van der Waals surface area contributed by atoms with E-state index in [1.54, 1.807) is 90.1 Å². The number of esters is 2. The molecule has 0 unspecified atom stereocenters. The molecule has 4 N–H and O–H groups in total. The third-order valence-electron chi connectivity index (χ3n) is 7.86. The molecule has 0 aliphatic heterocycles. The molecule has 0 spiro atoms. The van der Waals surface area contributed by atoms with Crippen LogP contribution < -0.4 is 30.7 Å². The highest BCUT2D eigenvalue weighted by Crippen LogP contribution is 2.49. The molecule has 16 heteroatoms. The maximum absolute atomic E-state index is 13.5. The van der Waals surface area contributed by atoms with E-state index in [9.17, 15) is 28.8 Å². The number of hydrogen-bond acceptors (Lipinski definition) is 12. The van der Waals surface area contributed by atoms with Gasteiger partial charge in [-0.2, -0.15) is 0 Å². The summed E-state index contributed by atoms with van der Waals surface area (Å²) in [6.45, 7) is 12.0. The van der Waals surface area contributed by atoms with Crippen molar-refractivity contribution in [3.63, 3.8) is 0 Å². The number of amides is 4. The fourth-order valence-corrected chi connectivity index (χ4v) is 5.51. The summed E-state index contributed by atoms with van der Waals surface area (Å²) < 4.78 is 31.7. The topological polar surface area (TPSA) is 206 Å². The van der Waals surface area contributed by atoms with Crippen molar-refractivity contribution in [2.45, 2.75) is 65.6 Å². The largest absolute Gasteiger partial charge is 0.494 e. The molecule has 1 fully saturated rings. The Hall–Kier alpha value is -5.54. The van der Waals surface area contributed by atoms with Crippen LogP contribution >= 0.6 is 0 Å². The molecule has 3 rings (SSSR count). The summed E-state index contributed by atoms with van der Waals surface area (Å²) >= 11 is 0. The van der Waals surface area contributed by atoms with Gasteiger partial charge in [0, 0.05) is 24.5 Å². The van der Waals surface area contributed by atoms with Crippen LogP contribution in [-0.2, 0) is 38.1 Å². The minimum absolute atomic E-state index is 0.309. The Morgan fingerprint density at radius 1 is 0.537 bits per heavy atom. The lowest BCUT2D eigenvalue weighted by Crippen LogP contribution is -2.62. The molecule has 0 radical (unpaired) electrons. The predicted octanol–water partition coefficient (Wildman–Crippen LogP) is 4.68. The molecule has 1 aliphatic carbocycles. The predicted molar refractivity (Wildman–Crippen MR) is 197 cm³/mol. The lowest BCUT2D eigenvalue weighted by Gasteiger charge is -2.46. The second-order valence-corrected chi connectivity index (χ2v) is 14.4. The van der Waals surface area contributed by atoms with Crippen LogP contribution in [0.4, 0.5) is 21.0 Å². The fourth-order valence-electron chi connectivity index (χ4n) is 5.51. The van der Waals surface area contributed by atoms with Crippen LogP contribution in [0.25, 0.3) is 0 Å². The Labute approximate surface area is 315 Å². The van der Waals surface area contributed by atoms with Crippen LogP contribution in [0.15, 0.2) is 48.5 Å². The average Bonchev–Trinajstić information content (AvgIpc) is 3.07. The molecule has 2 aromatic rings. The number of carbonyl (C=O) groups excluding carboxylic acids is 6. The Kier molecular flexibility index (Phi) is 15.5. The van der Waals surface area contributed by atoms with Crippen molar-refractivity contribution in [1.29, 1.82) is 0 Å². The van der Waals surface area contributed by atoms with Gasteiger partial charge in [0.2, 0.25) is 11.8 Å². The van der Waals surface area contributed by atoms with E-state index in [0.29, 0.717) is 62.0 Å². The monoisotopic (exact) mass is 756 g/mol. The van der Waals surface area contributed by atoms with Crippen LogP contribution in [0.1, 0.15) is 54.4 Å². The van der Waals surface area contributed by atoms with Gasteiger partial charge in [-0.3, -0.25) is 19.2 Å². The molecule has 0 saturated heterocycles. The first-order chi connectivity index (χ1) is 25.4. The molecule has 1 aliphatic rings. The lowest BCUT2D eigenvalue weighted by atomic mass is 9.55. The van der Waals surface area contributed by atoms with Crippen LogP contribution in [0.3, 0.4) is 0 Å². The molecule has 2 aromatic carbocycles. The molecular formula is C38H52N4O12. The first-order valence-electron chi connectivity index (χ1n) is 17.6. The second-order valence-electron chi connectivity index (χ2n) is 14.4. The third-order valence-corrected chi connectivity index (χ3v) is 7.86. The molecule has 0 atom stereocenters. The molecule has 4 amide bonds. The molecule has 296 valence electrons. The fraction of sp³-hybridized carbons (Fsp3) is 0.526. The number of benzene rings is 2. The molecule has 1 saturated carbocycles. The van der Waals surface area contributed by atoms with E-state index in [4.69, 9.17) is 28.4 Å². The standard InChI is InChI=1S/C38H52N4O12/c1-37(2,3)53-35(47)39-19-9-21-51-25-15-11-23(12-16-25)41-31(43)27-29(33(45)49-7)28(30(27)34(46)50-8)32(44)42-24-13-17-26(18-14-24)52-22-10-20-40-36(48)54-38(4,5)6/h11-18,27-30H,9-10,19-22H2,1-8H3,(H,39,47)(H,40,48)(H,41,43)(H,42,44). The maximum Gasteiger partial charge on any atom is 0.407 e. The van der Waals surface area contributed by atoms with E-state index in [0.717, 1.165) is 14.2 Å². The number of hydrogen-bond donors (Lipinski definition) is 4. The minimum atomic E-state index is -1.27. The number of alkyl carbamates (subject to hydrolysis) is 2. The molecular weight excluding hydrogens is 704 g/mol. The van der Waals surface area contributed by atoms with E-state index in [1.165, 1.54) is 0 Å². The summed E-state index contributed by atoms with van der Waals surface area (Å²) in [4.78, 5) is 76.5. The molecule has 54 heavy (non-hydrogen) atoms. The maximum atomic E-state index is 13.5. The van der Waals surface area contributed by atoms with Crippen LogP contribution in [0, 0.1) is 23.7 Å². The van der Waals surface area contributed by atoms with Crippen LogP contribution in [-0.4, -0.2) is 87.7 Å². The van der Waals surface area contributed by atoms with Gasteiger partial charge in [-0.15, -0.1) is 0 Å². The van der Waals surface area contributed by atoms with E-state index >= 15 is 0 Å². The molecule has 0 aromatic heterocycles. The van der Waals surface area contributed by atoms with E-state index < -0.39 is 70.8 Å². The minimum Gasteiger partial charge on any atom is -0.494 e. The number of ether oxygens (including phenoxy) is 6. The van der Waals surface area contributed by atoms with E-state index in [-0.39, 0.29) is 0 Å². The summed E-state index contributed by atoms with van der Waals surface area (Å²) in [6.07, 6.45) is 0.0228. The normalized spacial score (nSPS) is 17.8. The van der Waals surface area contributed by atoms with E-state index in [1.807, 2.05) is 0 Å². The van der Waals surface area contributed by atoms with Gasteiger partial charge in [-0.05, 0) is 103 Å². The molecule has 0 heterocycles. The Morgan fingerprint density at radius 2 is 0.870 bits per heavy atom. The first-order valence-corrected chi connectivity index (χ1v) is 17.6. The van der Waals surface area contributed by atoms with Crippen molar-refractivity contribution < 1.29 is 57.2 Å². The van der Waals surface area contributed by atoms with Crippen LogP contribution in [0.5, 0.6) is 11.5 Å². The first kappa shape index (κ1) is 42.9. The van der Waals surface area contributed by atoms with Crippen molar-refractivity contribution in [3.8, 4) is 11.5 Å². The number of carbonyl (C=O) groups is 6. The molecule has 16 nitrogen and oxygen atoms in total. The smallest absolute Gasteiger partial charge is 0.407 e. The van der Waals surface area contributed by atoms with Gasteiger partial charge in [0.15, 0.2) is 0 Å². The van der Waals surface area contributed by atoms with Gasteiger partial charge < -0.3 is 49.7 Å². The zero-order valence-electron chi connectivity index (χ0n) is 32.1. The van der Waals surface area contributed by atoms with Crippen molar-refractivity contribution in [2.75, 3.05) is 51.2 Å². The quantitative estimate of drug-likeness (QED) is 0.105. The van der Waals surface area contributed by atoms with Gasteiger partial charge in [0.1, 0.15) is 22.7 Å². The van der Waals surface area contributed by atoms with Gasteiger partial charge in [0.25, 0.3) is 0 Å². The summed E-state index contributed by atoms with van der Waals surface area (Å²) in [7, 11) is 2.27. The van der Waals surface area contributed by atoms with Gasteiger partial charge in [-0.25, -0.2) is 9.59 Å². The summed E-state index contributed by atoms with van der Waals surface area (Å²) in [5, 5.41) is 10.7. The van der Waals surface area contributed by atoms with Gasteiger partial charge >= 0.3 is 24.1 Å². The van der Waals surface area contributed by atoms with Gasteiger partial charge in [0.05, 0.1) is 51.1 Å². The summed E-state index contributed by atoms with van der Waals surface area (Å²) in [6, 6.07) is 12.9. The van der Waals surface area contributed by atoms with Crippen molar-refractivity contribution >= 4 is 47.3 Å². The highest BCUT2D eigenvalue weighted by Gasteiger charge is 2.64. The van der Waals surface area contributed by atoms with Gasteiger partial charge in [-0.1, -0.05) is 0 Å². The Morgan fingerprint density at radius 3 is 1.17 bits per heavy atom. The zero-order valence-corrected chi connectivity index (χ0v) is 32.1. The Balaban J connectivity index is 1.55. The van der Waals surface area contributed by atoms with Crippen molar-refractivity contribution in [1.82, 2.24) is 10.6 Å². The summed E-state index contributed by atoms with van der Waals surface area (Å²) in [5.74, 6) is -7.03. The SMILES string of the molecule is COC(=O)C1C(C(=O)Nc2ccc(OCCCNC(=O)OC(C)(C)C)cc2)C(C(=O)OC)C1C(=O)Nc1ccc(OCCCNC(=O)OC(C)(C)C)cc1. The lowest BCUT2D eigenvalue weighted by molar-refractivity contribution is -0.181. The Bertz CT molecular complexity index is 1470. The number of rotatable bonds is 16. The highest BCUT2D eigenvalue weighted by molar-refractivity contribution is 6.06. The molecule has 0 bridgehead atoms. The average molecular weight is 757 g/mol. The van der Waals surface area contributed by atoms with Crippen LogP contribution in [0.2, 0.25) is 0 Å². The second kappa shape index (κ2) is 19.5.